The Labute approximate surface area is 195 Å². The van der Waals surface area contributed by atoms with Crippen LogP contribution in [0.5, 0.6) is 34.5 Å². The molecular weight excluding hydrogens is 420 g/mol. The maximum atomic E-state index is 11.2. The summed E-state index contributed by atoms with van der Waals surface area (Å²) >= 11 is 0. The molecule has 0 bridgehead atoms. The second kappa shape index (κ2) is 10.7. The minimum Gasteiger partial charge on any atom is -0.504 e. The van der Waals surface area contributed by atoms with Crippen molar-refractivity contribution < 1.29 is 28.8 Å². The monoisotopic (exact) mass is 450 g/mol. The van der Waals surface area contributed by atoms with Gasteiger partial charge in [0, 0.05) is 5.56 Å². The highest BCUT2D eigenvalue weighted by Gasteiger charge is 2.22. The van der Waals surface area contributed by atoms with Crippen molar-refractivity contribution in [3.05, 3.63) is 60.2 Å². The number of aromatic hydroxyl groups is 1. The lowest BCUT2D eigenvalue weighted by molar-refractivity contribution is 0.326. The highest BCUT2D eigenvalue weighted by molar-refractivity contribution is 5.88. The highest BCUT2D eigenvalue weighted by Crippen LogP contribution is 2.50. The predicted octanol–water partition coefficient (Wildman–Crippen LogP) is 6.11. The van der Waals surface area contributed by atoms with Crippen LogP contribution in [0.4, 0.5) is 0 Å². The Bertz CT molecular complexity index is 1130. The van der Waals surface area contributed by atoms with Crippen LogP contribution in [-0.2, 0) is 0 Å². The van der Waals surface area contributed by atoms with Gasteiger partial charge < -0.3 is 28.8 Å². The van der Waals surface area contributed by atoms with Crippen LogP contribution >= 0.6 is 0 Å². The predicted molar refractivity (Wildman–Crippen MR) is 130 cm³/mol. The van der Waals surface area contributed by atoms with E-state index in [1.807, 2.05) is 68.5 Å². The molecule has 0 aliphatic heterocycles. The molecule has 3 aromatic carbocycles. The van der Waals surface area contributed by atoms with Crippen molar-refractivity contribution in [3.8, 4) is 56.8 Å². The fourth-order valence-electron chi connectivity index (χ4n) is 3.50. The number of rotatable bonds is 9. The van der Waals surface area contributed by atoms with Crippen LogP contribution in [0.3, 0.4) is 0 Å². The van der Waals surface area contributed by atoms with Gasteiger partial charge in [-0.25, -0.2) is 0 Å². The van der Waals surface area contributed by atoms with E-state index in [1.54, 1.807) is 21.3 Å². The van der Waals surface area contributed by atoms with Crippen LogP contribution in [0, 0.1) is 0 Å². The van der Waals surface area contributed by atoms with Crippen molar-refractivity contribution >= 4 is 0 Å². The van der Waals surface area contributed by atoms with Gasteiger partial charge in [0.15, 0.2) is 23.0 Å². The van der Waals surface area contributed by atoms with Crippen LogP contribution in [0.15, 0.2) is 60.2 Å². The molecule has 6 heteroatoms. The zero-order valence-corrected chi connectivity index (χ0v) is 19.9. The second-order valence-corrected chi connectivity index (χ2v) is 7.57. The Hall–Kier alpha value is -3.80. The van der Waals surface area contributed by atoms with E-state index in [4.69, 9.17) is 23.7 Å². The van der Waals surface area contributed by atoms with Crippen LogP contribution in [0.25, 0.3) is 22.3 Å². The summed E-state index contributed by atoms with van der Waals surface area (Å²) in [6, 6.07) is 14.8. The van der Waals surface area contributed by atoms with Gasteiger partial charge in [-0.05, 0) is 61.4 Å². The fourth-order valence-corrected chi connectivity index (χ4v) is 3.50. The largest absolute Gasteiger partial charge is 0.504 e. The van der Waals surface area contributed by atoms with Gasteiger partial charge in [0.1, 0.15) is 18.1 Å². The van der Waals surface area contributed by atoms with E-state index in [0.717, 1.165) is 11.3 Å². The van der Waals surface area contributed by atoms with Crippen LogP contribution in [-0.4, -0.2) is 40.2 Å². The average Bonchev–Trinajstić information content (AvgIpc) is 2.83. The molecule has 0 heterocycles. The number of benzene rings is 3. The fraction of sp³-hybridized carbons (Fsp3) is 0.259. The zero-order chi connectivity index (χ0) is 24.0. The van der Waals surface area contributed by atoms with Gasteiger partial charge in [-0.3, -0.25) is 0 Å². The summed E-state index contributed by atoms with van der Waals surface area (Å²) in [5.74, 6) is 2.72. The topological polar surface area (TPSA) is 66.4 Å². The molecule has 0 saturated carbocycles. The molecule has 0 saturated heterocycles. The third-order valence-electron chi connectivity index (χ3n) is 5.23. The van der Waals surface area contributed by atoms with Crippen molar-refractivity contribution in [1.29, 1.82) is 0 Å². The number of ether oxygens (including phenoxy) is 5. The SMILES string of the molecule is COc1ccc(-c2cc(OC)c(-c3ccc(OCC=C(C)C)c(OC)c3)c(O)c2OC)cc1. The first-order valence-electron chi connectivity index (χ1n) is 10.5. The van der Waals surface area contributed by atoms with Gasteiger partial charge in [0.05, 0.1) is 34.0 Å². The summed E-state index contributed by atoms with van der Waals surface area (Å²) in [5, 5.41) is 11.2. The molecule has 0 aliphatic rings. The molecule has 0 unspecified atom stereocenters. The minimum atomic E-state index is -0.0251. The summed E-state index contributed by atoms with van der Waals surface area (Å²) in [7, 11) is 6.29. The van der Waals surface area contributed by atoms with E-state index in [1.165, 1.54) is 12.7 Å². The first kappa shape index (κ1) is 23.9. The molecule has 1 N–H and O–H groups in total. The average molecular weight is 451 g/mol. The molecule has 0 atom stereocenters. The maximum Gasteiger partial charge on any atom is 0.170 e. The summed E-state index contributed by atoms with van der Waals surface area (Å²) in [6.07, 6.45) is 1.99. The molecule has 3 aromatic rings. The van der Waals surface area contributed by atoms with Crippen molar-refractivity contribution in [2.45, 2.75) is 13.8 Å². The molecule has 0 amide bonds. The molecule has 33 heavy (non-hydrogen) atoms. The highest BCUT2D eigenvalue weighted by atomic mass is 16.5. The van der Waals surface area contributed by atoms with Crippen LogP contribution < -0.4 is 23.7 Å². The van der Waals surface area contributed by atoms with E-state index in [2.05, 4.69) is 0 Å². The van der Waals surface area contributed by atoms with E-state index in [9.17, 15) is 5.11 Å². The molecule has 0 spiro atoms. The molecular formula is C27H30O6. The summed E-state index contributed by atoms with van der Waals surface area (Å²) in [6.45, 7) is 4.47. The number of hydrogen-bond acceptors (Lipinski definition) is 6. The Balaban J connectivity index is 2.10. The Morgan fingerprint density at radius 3 is 2.00 bits per heavy atom. The molecule has 3 rings (SSSR count). The third kappa shape index (κ3) is 5.17. The van der Waals surface area contributed by atoms with E-state index in [-0.39, 0.29) is 5.75 Å². The van der Waals surface area contributed by atoms with Crippen LogP contribution in [0.2, 0.25) is 0 Å². The van der Waals surface area contributed by atoms with Gasteiger partial charge in [-0.2, -0.15) is 0 Å². The second-order valence-electron chi connectivity index (χ2n) is 7.57. The summed E-state index contributed by atoms with van der Waals surface area (Å²) < 4.78 is 27.9. The lowest BCUT2D eigenvalue weighted by Crippen LogP contribution is -1.99. The normalized spacial score (nSPS) is 10.4. The Kier molecular flexibility index (Phi) is 7.72. The minimum absolute atomic E-state index is 0.0251. The van der Waals surface area contributed by atoms with Gasteiger partial charge in [-0.15, -0.1) is 0 Å². The molecule has 174 valence electrons. The van der Waals surface area contributed by atoms with Crippen molar-refractivity contribution in [2.75, 3.05) is 35.0 Å². The molecule has 0 aliphatic carbocycles. The van der Waals surface area contributed by atoms with Gasteiger partial charge >= 0.3 is 0 Å². The molecule has 0 radical (unpaired) electrons. The molecule has 0 fully saturated rings. The van der Waals surface area contributed by atoms with Crippen molar-refractivity contribution in [1.82, 2.24) is 0 Å². The van der Waals surface area contributed by atoms with Gasteiger partial charge in [-0.1, -0.05) is 23.8 Å². The van der Waals surface area contributed by atoms with E-state index in [0.29, 0.717) is 46.3 Å². The van der Waals surface area contributed by atoms with Crippen molar-refractivity contribution in [2.24, 2.45) is 0 Å². The first-order valence-corrected chi connectivity index (χ1v) is 10.5. The maximum absolute atomic E-state index is 11.2. The lowest BCUT2D eigenvalue weighted by Gasteiger charge is -2.19. The van der Waals surface area contributed by atoms with Gasteiger partial charge in [0.25, 0.3) is 0 Å². The smallest absolute Gasteiger partial charge is 0.170 e. The Morgan fingerprint density at radius 1 is 0.758 bits per heavy atom. The number of phenols is 1. The standard InChI is InChI=1S/C27H30O6/c1-17(2)13-14-33-22-12-9-19(15-23(22)30-4)25-24(31-5)16-21(27(32-6)26(25)28)18-7-10-20(29-3)11-8-18/h7-13,15-16,28H,14H2,1-6H3. The van der Waals surface area contributed by atoms with E-state index >= 15 is 0 Å². The number of phenolic OH excluding ortho intramolecular Hbond substituents is 1. The molecule has 6 nitrogen and oxygen atoms in total. The third-order valence-corrected chi connectivity index (χ3v) is 5.23. The zero-order valence-electron chi connectivity index (χ0n) is 19.9. The Morgan fingerprint density at radius 2 is 1.42 bits per heavy atom. The number of methoxy groups -OCH3 is 4. The lowest BCUT2D eigenvalue weighted by atomic mass is 9.96. The summed E-state index contributed by atoms with van der Waals surface area (Å²) in [4.78, 5) is 0. The molecule has 0 aromatic heterocycles. The number of hydrogen-bond donors (Lipinski definition) is 1. The number of allylic oxidation sites excluding steroid dienone is 1. The van der Waals surface area contributed by atoms with Crippen LogP contribution in [0.1, 0.15) is 13.8 Å². The first-order chi connectivity index (χ1) is 15.9. The summed E-state index contributed by atoms with van der Waals surface area (Å²) in [5.41, 5.74) is 3.93. The quantitative estimate of drug-likeness (QED) is 0.397. The van der Waals surface area contributed by atoms with E-state index < -0.39 is 0 Å². The van der Waals surface area contributed by atoms with Gasteiger partial charge in [0.2, 0.25) is 0 Å². The van der Waals surface area contributed by atoms with Crippen molar-refractivity contribution in [3.63, 3.8) is 0 Å².